The Hall–Kier alpha value is -1.57. The fraction of sp³-hybridized carbons (Fsp3) is 0.267. The molecule has 0 saturated carbocycles. The van der Waals surface area contributed by atoms with Crippen molar-refractivity contribution in [3.63, 3.8) is 0 Å². The van der Waals surface area contributed by atoms with Crippen LogP contribution in [0, 0.1) is 4.77 Å². The summed E-state index contributed by atoms with van der Waals surface area (Å²) in [5.41, 5.74) is 0.826. The van der Waals surface area contributed by atoms with Gasteiger partial charge >= 0.3 is 0 Å². The molecule has 4 nitrogen and oxygen atoms in total. The van der Waals surface area contributed by atoms with Crippen LogP contribution in [0.15, 0.2) is 22.3 Å². The topological polar surface area (TPSA) is 54.9 Å². The highest BCUT2D eigenvalue weighted by atomic mass is 32.1. The molecule has 0 saturated heterocycles. The maximum atomic E-state index is 12.9. The van der Waals surface area contributed by atoms with E-state index in [0.29, 0.717) is 10.3 Å². The summed E-state index contributed by atoms with van der Waals surface area (Å²) in [5, 5.41) is 2.47. The van der Waals surface area contributed by atoms with Gasteiger partial charge in [0.15, 0.2) is 4.77 Å². The molecule has 3 heterocycles. The van der Waals surface area contributed by atoms with Crippen molar-refractivity contribution in [2.45, 2.75) is 25.7 Å². The molecule has 1 aliphatic rings. The van der Waals surface area contributed by atoms with Gasteiger partial charge in [-0.05, 0) is 54.9 Å². The van der Waals surface area contributed by atoms with E-state index in [0.717, 1.165) is 40.6 Å². The number of nitrogens with zero attached hydrogens (tertiary/aromatic N) is 1. The minimum absolute atomic E-state index is 0.175. The van der Waals surface area contributed by atoms with Gasteiger partial charge in [0.2, 0.25) is 0 Å². The van der Waals surface area contributed by atoms with Gasteiger partial charge in [-0.25, -0.2) is 4.57 Å². The number of aryl methyl sites for hydroxylation is 2. The fourth-order valence-electron chi connectivity index (χ4n) is 2.93. The second-order valence-electron chi connectivity index (χ2n) is 5.27. The Bertz CT molecular complexity index is 992. The third-order valence-corrected chi connectivity index (χ3v) is 6.30. The quantitative estimate of drug-likeness (QED) is 0.682. The van der Waals surface area contributed by atoms with E-state index in [4.69, 9.17) is 12.2 Å². The third-order valence-electron chi connectivity index (χ3n) is 3.95. The highest BCUT2D eigenvalue weighted by Gasteiger charge is 2.22. The van der Waals surface area contributed by atoms with Gasteiger partial charge in [-0.1, -0.05) is 6.07 Å². The number of aromatic amines is 1. The number of hydrogen-bond acceptors (Lipinski definition) is 5. The van der Waals surface area contributed by atoms with Crippen molar-refractivity contribution in [3.05, 3.63) is 48.0 Å². The average molecular weight is 348 g/mol. The van der Waals surface area contributed by atoms with Crippen LogP contribution in [-0.4, -0.2) is 15.5 Å². The summed E-state index contributed by atoms with van der Waals surface area (Å²) >= 11 is 8.17. The number of rotatable bonds is 1. The predicted octanol–water partition coefficient (Wildman–Crippen LogP) is 3.75. The molecule has 4 rings (SSSR count). The summed E-state index contributed by atoms with van der Waals surface area (Å²) in [6.07, 6.45) is 4.16. The van der Waals surface area contributed by atoms with Crippen LogP contribution in [0.4, 0.5) is 0 Å². The number of carbonyl (C=O) groups is 1. The zero-order chi connectivity index (χ0) is 15.3. The van der Waals surface area contributed by atoms with Gasteiger partial charge in [0, 0.05) is 4.88 Å². The molecule has 0 atom stereocenters. The van der Waals surface area contributed by atoms with Crippen LogP contribution in [0.2, 0.25) is 0 Å². The molecule has 112 valence electrons. The van der Waals surface area contributed by atoms with Crippen LogP contribution in [0.1, 0.15) is 33.0 Å². The molecule has 1 aliphatic carbocycles. The van der Waals surface area contributed by atoms with E-state index in [1.54, 1.807) is 23.5 Å². The van der Waals surface area contributed by atoms with E-state index < -0.39 is 0 Å². The van der Waals surface area contributed by atoms with Crippen LogP contribution >= 0.6 is 34.9 Å². The Balaban J connectivity index is 2.02. The Morgan fingerprint density at radius 1 is 1.32 bits per heavy atom. The Morgan fingerprint density at radius 3 is 2.91 bits per heavy atom. The Morgan fingerprint density at radius 2 is 2.14 bits per heavy atom. The Labute approximate surface area is 139 Å². The van der Waals surface area contributed by atoms with Crippen LogP contribution in [0.3, 0.4) is 0 Å². The van der Waals surface area contributed by atoms with E-state index in [9.17, 15) is 9.59 Å². The molecule has 0 bridgehead atoms. The van der Waals surface area contributed by atoms with Gasteiger partial charge in [0.05, 0.1) is 10.3 Å². The van der Waals surface area contributed by atoms with Gasteiger partial charge in [-0.2, -0.15) is 0 Å². The van der Waals surface area contributed by atoms with Crippen LogP contribution in [0.25, 0.3) is 10.2 Å². The van der Waals surface area contributed by atoms with E-state index in [-0.39, 0.29) is 16.2 Å². The summed E-state index contributed by atoms with van der Waals surface area (Å²) in [6.45, 7) is 0. The predicted molar refractivity (Wildman–Crippen MR) is 92.0 cm³/mol. The molecular formula is C15H12N2O2S3. The van der Waals surface area contributed by atoms with E-state index >= 15 is 0 Å². The van der Waals surface area contributed by atoms with Gasteiger partial charge in [0.1, 0.15) is 4.83 Å². The lowest BCUT2D eigenvalue weighted by Gasteiger charge is -2.10. The first-order chi connectivity index (χ1) is 10.7. The molecule has 0 aliphatic heterocycles. The van der Waals surface area contributed by atoms with Crippen LogP contribution in [-0.2, 0) is 12.8 Å². The van der Waals surface area contributed by atoms with E-state index in [1.165, 1.54) is 16.2 Å². The molecule has 0 radical (unpaired) electrons. The van der Waals surface area contributed by atoms with Crippen LogP contribution < -0.4 is 5.56 Å². The van der Waals surface area contributed by atoms with Crippen molar-refractivity contribution in [3.8, 4) is 0 Å². The number of thiophene rings is 2. The van der Waals surface area contributed by atoms with E-state index in [2.05, 4.69) is 4.98 Å². The summed E-state index contributed by atoms with van der Waals surface area (Å²) in [6, 6.07) is 3.50. The summed E-state index contributed by atoms with van der Waals surface area (Å²) in [7, 11) is 0. The van der Waals surface area contributed by atoms with Gasteiger partial charge in [-0.3, -0.25) is 9.59 Å². The smallest absolute Gasteiger partial charge is 0.277 e. The molecule has 0 amide bonds. The zero-order valence-corrected chi connectivity index (χ0v) is 14.0. The average Bonchev–Trinajstić information content (AvgIpc) is 3.14. The zero-order valence-electron chi connectivity index (χ0n) is 11.5. The first-order valence-electron chi connectivity index (χ1n) is 7.04. The minimum Gasteiger partial charge on any atom is -0.323 e. The number of H-pyrrole nitrogens is 1. The molecule has 0 fully saturated rings. The number of carbonyl (C=O) groups excluding carboxylic acids is 1. The van der Waals surface area contributed by atoms with Gasteiger partial charge < -0.3 is 4.98 Å². The van der Waals surface area contributed by atoms with E-state index in [1.807, 2.05) is 5.38 Å². The maximum absolute atomic E-state index is 12.9. The number of nitrogens with one attached hydrogen (secondary N) is 1. The standard InChI is InChI=1S/C15H12N2O2S3/c18-13(10-6-3-7-21-10)17-14(19)11-8-4-1-2-5-9(8)22-12(11)16-15(17)20/h3,6-7H,1-2,4-5H2,(H,16,20). The highest BCUT2D eigenvalue weighted by molar-refractivity contribution is 7.71. The first kappa shape index (κ1) is 14.0. The van der Waals surface area contributed by atoms with Gasteiger partial charge in [-0.15, -0.1) is 22.7 Å². The normalized spacial score (nSPS) is 14.2. The largest absolute Gasteiger partial charge is 0.323 e. The monoisotopic (exact) mass is 348 g/mol. The lowest BCUT2D eigenvalue weighted by atomic mass is 9.97. The van der Waals surface area contributed by atoms with Crippen molar-refractivity contribution < 1.29 is 4.79 Å². The van der Waals surface area contributed by atoms with Crippen LogP contribution in [0.5, 0.6) is 0 Å². The summed E-state index contributed by atoms with van der Waals surface area (Å²) in [4.78, 5) is 31.1. The van der Waals surface area contributed by atoms with Gasteiger partial charge in [0.25, 0.3) is 11.5 Å². The molecule has 3 aromatic rings. The van der Waals surface area contributed by atoms with Crippen molar-refractivity contribution in [2.24, 2.45) is 0 Å². The molecule has 1 N–H and O–H groups in total. The molecule has 0 aromatic carbocycles. The second-order valence-corrected chi connectivity index (χ2v) is 7.71. The number of fused-ring (bicyclic) bond motifs is 3. The summed E-state index contributed by atoms with van der Waals surface area (Å²) < 4.78 is 1.28. The maximum Gasteiger partial charge on any atom is 0.277 e. The van der Waals surface area contributed by atoms with Crippen molar-refractivity contribution >= 4 is 51.0 Å². The molecule has 22 heavy (non-hydrogen) atoms. The fourth-order valence-corrected chi connectivity index (χ4v) is 5.20. The number of hydrogen-bond donors (Lipinski definition) is 1. The number of aromatic nitrogens is 2. The summed E-state index contributed by atoms with van der Waals surface area (Å²) in [5.74, 6) is -0.348. The van der Waals surface area contributed by atoms with Crippen molar-refractivity contribution in [2.75, 3.05) is 0 Å². The molecule has 3 aromatic heterocycles. The molecular weight excluding hydrogens is 336 g/mol. The third kappa shape index (κ3) is 2.04. The highest BCUT2D eigenvalue weighted by Crippen LogP contribution is 2.33. The Kier molecular flexibility index (Phi) is 3.36. The SMILES string of the molecule is O=C(c1cccs1)n1c(=S)[nH]c2sc3c(c2c1=O)CCCC3. The second kappa shape index (κ2) is 5.26. The molecule has 0 unspecified atom stereocenters. The van der Waals surface area contributed by atoms with Crippen molar-refractivity contribution in [1.29, 1.82) is 0 Å². The lowest BCUT2D eigenvalue weighted by molar-refractivity contribution is 0.0957. The minimum atomic E-state index is -0.348. The first-order valence-corrected chi connectivity index (χ1v) is 9.15. The molecule has 0 spiro atoms. The lowest BCUT2D eigenvalue weighted by Crippen LogP contribution is -2.28. The molecule has 7 heteroatoms. The van der Waals surface area contributed by atoms with Crippen molar-refractivity contribution in [1.82, 2.24) is 9.55 Å².